The van der Waals surface area contributed by atoms with Crippen LogP contribution in [-0.2, 0) is 0 Å². The first-order chi connectivity index (χ1) is 6.75. The van der Waals surface area contributed by atoms with E-state index < -0.39 is 0 Å². The molecule has 0 aromatic heterocycles. The summed E-state index contributed by atoms with van der Waals surface area (Å²) in [6.07, 6.45) is 7.00. The molecule has 84 valence electrons. The van der Waals surface area contributed by atoms with E-state index in [4.69, 9.17) is 0 Å². The van der Waals surface area contributed by atoms with E-state index in [0.717, 1.165) is 18.5 Å². The Bertz CT molecular complexity index is 147. The first-order valence-corrected chi connectivity index (χ1v) is 6.10. The Balaban J connectivity index is 2.23. The Kier molecular flexibility index (Phi) is 5.49. The molecule has 1 aliphatic rings. The van der Waals surface area contributed by atoms with Crippen LogP contribution in [0.5, 0.6) is 0 Å². The summed E-state index contributed by atoms with van der Waals surface area (Å²) >= 11 is 0. The van der Waals surface area contributed by atoms with E-state index >= 15 is 0 Å². The summed E-state index contributed by atoms with van der Waals surface area (Å²) in [6.45, 7) is 4.81. The van der Waals surface area contributed by atoms with Crippen molar-refractivity contribution in [2.75, 3.05) is 27.2 Å². The van der Waals surface area contributed by atoms with Crippen LogP contribution < -0.4 is 5.32 Å². The lowest BCUT2D eigenvalue weighted by molar-refractivity contribution is 0.138. The minimum Gasteiger partial charge on any atom is -0.320 e. The molecule has 0 aliphatic heterocycles. The number of nitrogens with one attached hydrogen (secondary N) is 1. The molecule has 0 bridgehead atoms. The Labute approximate surface area is 89.1 Å². The standard InChI is InChI=1S/C12H26N2/c1-11-7-4-5-8-12(11)14(3)10-6-9-13-2/h11-13H,4-10H2,1-3H3. The van der Waals surface area contributed by atoms with E-state index in [-0.39, 0.29) is 0 Å². The van der Waals surface area contributed by atoms with Crippen molar-refractivity contribution in [3.63, 3.8) is 0 Å². The van der Waals surface area contributed by atoms with Gasteiger partial charge in [-0.25, -0.2) is 0 Å². The monoisotopic (exact) mass is 198 g/mol. The van der Waals surface area contributed by atoms with Crippen molar-refractivity contribution in [2.45, 2.75) is 45.1 Å². The molecule has 0 spiro atoms. The number of hydrogen-bond acceptors (Lipinski definition) is 2. The molecule has 0 aromatic carbocycles. The van der Waals surface area contributed by atoms with Crippen molar-refractivity contribution in [2.24, 2.45) is 5.92 Å². The molecule has 2 nitrogen and oxygen atoms in total. The van der Waals surface area contributed by atoms with Gasteiger partial charge in [-0.05, 0) is 52.4 Å². The van der Waals surface area contributed by atoms with E-state index in [1.807, 2.05) is 7.05 Å². The highest BCUT2D eigenvalue weighted by Crippen LogP contribution is 2.27. The van der Waals surface area contributed by atoms with Crippen LogP contribution >= 0.6 is 0 Å². The molecule has 1 N–H and O–H groups in total. The number of nitrogens with zero attached hydrogens (tertiary/aromatic N) is 1. The van der Waals surface area contributed by atoms with Crippen LogP contribution in [0.4, 0.5) is 0 Å². The normalized spacial score (nSPS) is 28.3. The summed E-state index contributed by atoms with van der Waals surface area (Å²) in [5.74, 6) is 0.906. The zero-order valence-corrected chi connectivity index (χ0v) is 10.1. The molecule has 0 heterocycles. The molecular formula is C12H26N2. The van der Waals surface area contributed by atoms with E-state index in [1.54, 1.807) is 0 Å². The maximum Gasteiger partial charge on any atom is 0.0118 e. The van der Waals surface area contributed by atoms with E-state index in [2.05, 4.69) is 24.2 Å². The Hall–Kier alpha value is -0.0800. The second-order valence-corrected chi connectivity index (χ2v) is 4.77. The molecule has 1 saturated carbocycles. The van der Waals surface area contributed by atoms with Gasteiger partial charge in [0.1, 0.15) is 0 Å². The SMILES string of the molecule is CNCCCN(C)C1CCCCC1C. The third kappa shape index (κ3) is 3.58. The van der Waals surface area contributed by atoms with Crippen LogP contribution in [0, 0.1) is 5.92 Å². The van der Waals surface area contributed by atoms with E-state index in [0.29, 0.717) is 0 Å². The maximum atomic E-state index is 3.21. The van der Waals surface area contributed by atoms with Gasteiger partial charge in [0.2, 0.25) is 0 Å². The molecule has 0 amide bonds. The van der Waals surface area contributed by atoms with Crippen LogP contribution in [0.1, 0.15) is 39.0 Å². The third-order valence-corrected chi connectivity index (χ3v) is 3.57. The van der Waals surface area contributed by atoms with Gasteiger partial charge in [0.15, 0.2) is 0 Å². The van der Waals surface area contributed by atoms with Crippen LogP contribution in [0.15, 0.2) is 0 Å². The Morgan fingerprint density at radius 3 is 2.64 bits per heavy atom. The molecule has 0 radical (unpaired) electrons. The van der Waals surface area contributed by atoms with Crippen molar-refractivity contribution >= 4 is 0 Å². The van der Waals surface area contributed by atoms with Crippen molar-refractivity contribution in [3.05, 3.63) is 0 Å². The van der Waals surface area contributed by atoms with Crippen LogP contribution in [0.2, 0.25) is 0 Å². The summed E-state index contributed by atoms with van der Waals surface area (Å²) in [5, 5.41) is 3.21. The van der Waals surface area contributed by atoms with Crippen molar-refractivity contribution in [3.8, 4) is 0 Å². The lowest BCUT2D eigenvalue weighted by Crippen LogP contribution is -2.39. The highest BCUT2D eigenvalue weighted by molar-refractivity contribution is 4.79. The van der Waals surface area contributed by atoms with Crippen molar-refractivity contribution in [1.29, 1.82) is 0 Å². The van der Waals surface area contributed by atoms with Gasteiger partial charge in [0.25, 0.3) is 0 Å². The molecule has 1 rings (SSSR count). The lowest BCUT2D eigenvalue weighted by atomic mass is 9.85. The van der Waals surface area contributed by atoms with Gasteiger partial charge in [-0.15, -0.1) is 0 Å². The molecule has 0 aromatic rings. The smallest absolute Gasteiger partial charge is 0.0118 e. The third-order valence-electron chi connectivity index (χ3n) is 3.57. The number of rotatable bonds is 5. The van der Waals surface area contributed by atoms with Gasteiger partial charge in [-0.3, -0.25) is 0 Å². The minimum atomic E-state index is 0.848. The summed E-state index contributed by atoms with van der Waals surface area (Å²) in [4.78, 5) is 2.57. The molecular weight excluding hydrogens is 172 g/mol. The summed E-state index contributed by atoms with van der Waals surface area (Å²) in [6, 6.07) is 0.848. The molecule has 2 atom stereocenters. The summed E-state index contributed by atoms with van der Waals surface area (Å²) in [7, 11) is 4.32. The van der Waals surface area contributed by atoms with E-state index in [9.17, 15) is 0 Å². The first-order valence-electron chi connectivity index (χ1n) is 6.10. The zero-order chi connectivity index (χ0) is 10.4. The Morgan fingerprint density at radius 2 is 2.00 bits per heavy atom. The summed E-state index contributed by atoms with van der Waals surface area (Å²) in [5.41, 5.74) is 0. The largest absolute Gasteiger partial charge is 0.320 e. The Morgan fingerprint density at radius 1 is 1.29 bits per heavy atom. The fourth-order valence-corrected chi connectivity index (χ4v) is 2.62. The predicted octanol–water partition coefficient (Wildman–Crippen LogP) is 2.11. The summed E-state index contributed by atoms with van der Waals surface area (Å²) < 4.78 is 0. The van der Waals surface area contributed by atoms with Crippen LogP contribution in [0.3, 0.4) is 0 Å². The van der Waals surface area contributed by atoms with Crippen LogP contribution in [-0.4, -0.2) is 38.1 Å². The average molecular weight is 198 g/mol. The molecule has 2 unspecified atom stereocenters. The number of hydrogen-bond donors (Lipinski definition) is 1. The zero-order valence-electron chi connectivity index (χ0n) is 10.1. The predicted molar refractivity (Wildman–Crippen MR) is 62.6 cm³/mol. The van der Waals surface area contributed by atoms with E-state index in [1.165, 1.54) is 38.6 Å². The first kappa shape index (κ1) is 12.0. The van der Waals surface area contributed by atoms with Gasteiger partial charge in [-0.1, -0.05) is 19.8 Å². The molecule has 0 saturated heterocycles. The van der Waals surface area contributed by atoms with Gasteiger partial charge in [-0.2, -0.15) is 0 Å². The lowest BCUT2D eigenvalue weighted by Gasteiger charge is -2.36. The fraction of sp³-hybridized carbons (Fsp3) is 1.00. The molecule has 1 fully saturated rings. The van der Waals surface area contributed by atoms with Gasteiger partial charge >= 0.3 is 0 Å². The second-order valence-electron chi connectivity index (χ2n) is 4.77. The second kappa shape index (κ2) is 6.41. The van der Waals surface area contributed by atoms with Gasteiger partial charge < -0.3 is 10.2 Å². The quantitative estimate of drug-likeness (QED) is 0.681. The molecule has 2 heteroatoms. The minimum absolute atomic E-state index is 0.848. The van der Waals surface area contributed by atoms with Crippen molar-refractivity contribution in [1.82, 2.24) is 10.2 Å². The molecule has 14 heavy (non-hydrogen) atoms. The average Bonchev–Trinajstić information content (AvgIpc) is 2.18. The fourth-order valence-electron chi connectivity index (χ4n) is 2.62. The van der Waals surface area contributed by atoms with Gasteiger partial charge in [0.05, 0.1) is 0 Å². The van der Waals surface area contributed by atoms with Crippen LogP contribution in [0.25, 0.3) is 0 Å². The molecule has 1 aliphatic carbocycles. The van der Waals surface area contributed by atoms with Crippen molar-refractivity contribution < 1.29 is 0 Å². The highest BCUT2D eigenvalue weighted by atomic mass is 15.1. The maximum absolute atomic E-state index is 3.21. The topological polar surface area (TPSA) is 15.3 Å². The van der Waals surface area contributed by atoms with Gasteiger partial charge in [0, 0.05) is 6.04 Å². The highest BCUT2D eigenvalue weighted by Gasteiger charge is 2.24.